The lowest BCUT2D eigenvalue weighted by molar-refractivity contribution is -0.167. The molecule has 0 heterocycles. The van der Waals surface area contributed by atoms with Crippen LogP contribution in [0.3, 0.4) is 0 Å². The van der Waals surface area contributed by atoms with Gasteiger partial charge in [0.25, 0.3) is 0 Å². The number of carbonyl (C=O) groups is 3. The van der Waals surface area contributed by atoms with Crippen LogP contribution in [0.25, 0.3) is 0 Å². The third kappa shape index (κ3) is 65.8. The van der Waals surface area contributed by atoms with E-state index in [0.717, 1.165) is 83.5 Å². The summed E-state index contributed by atoms with van der Waals surface area (Å²) in [5.74, 6) is -0.856. The van der Waals surface area contributed by atoms with Crippen LogP contribution < -0.4 is 0 Å². The van der Waals surface area contributed by atoms with Crippen LogP contribution in [-0.2, 0) is 28.6 Å². The van der Waals surface area contributed by atoms with Gasteiger partial charge in [-0.15, -0.1) is 0 Å². The molecule has 0 bridgehead atoms. The average molecular weight is 1110 g/mol. The molecule has 0 radical (unpaired) electrons. The molecule has 1 atom stereocenters. The Kier molecular flexibility index (Phi) is 65.1. The van der Waals surface area contributed by atoms with Crippen molar-refractivity contribution < 1.29 is 28.6 Å². The third-order valence-electron chi connectivity index (χ3n) is 15.5. The lowest BCUT2D eigenvalue weighted by Gasteiger charge is -2.18. The molecule has 0 aromatic rings. The first kappa shape index (κ1) is 76.1. The van der Waals surface area contributed by atoms with Gasteiger partial charge in [-0.05, 0) is 83.5 Å². The molecular weight excluding hydrogens is 973 g/mol. The van der Waals surface area contributed by atoms with Crippen molar-refractivity contribution in [2.24, 2.45) is 0 Å². The molecule has 0 aromatic carbocycles. The maximum atomic E-state index is 12.9. The van der Waals surface area contributed by atoms with E-state index in [4.69, 9.17) is 14.2 Å². The van der Waals surface area contributed by atoms with Gasteiger partial charge in [0.15, 0.2) is 6.10 Å². The van der Waals surface area contributed by atoms with E-state index in [0.29, 0.717) is 19.3 Å². The van der Waals surface area contributed by atoms with Crippen molar-refractivity contribution in [2.45, 2.75) is 374 Å². The number of hydrogen-bond donors (Lipinski definition) is 0. The highest BCUT2D eigenvalue weighted by Crippen LogP contribution is 2.18. The molecule has 0 saturated heterocycles. The van der Waals surface area contributed by atoms with E-state index in [1.807, 2.05) is 0 Å². The Morgan fingerprint density at radius 1 is 0.266 bits per heavy atom. The Labute approximate surface area is 491 Å². The minimum absolute atomic E-state index is 0.0697. The lowest BCUT2D eigenvalue weighted by atomic mass is 10.0. The van der Waals surface area contributed by atoms with Gasteiger partial charge in [0.2, 0.25) is 0 Å². The van der Waals surface area contributed by atoms with Crippen LogP contribution in [0.4, 0.5) is 0 Å². The fourth-order valence-electron chi connectivity index (χ4n) is 10.3. The van der Waals surface area contributed by atoms with Crippen molar-refractivity contribution in [1.29, 1.82) is 0 Å². The standard InChI is InChI=1S/C73H132O6/c1-4-7-10-13-16-19-21-23-25-27-29-30-31-32-33-34-35-36-37-38-39-40-41-42-43-44-45-47-48-50-52-54-57-60-63-66-72(75)78-69-70(68-77-71(74)65-62-59-56-18-15-12-9-6-3)79-73(76)67-64-61-58-55-53-51-49-46-28-26-24-22-20-17-14-11-8-5-2/h7,10,16,19,23,25-26,28-30,70H,4-6,8-9,11-15,17-18,20-22,24,27,31-69H2,1-3H3/b10-7-,19-16-,25-23-,28-26-,30-29-. The molecule has 0 amide bonds. The quantitative estimate of drug-likeness (QED) is 0.0261. The molecule has 0 aromatic heterocycles. The van der Waals surface area contributed by atoms with Crippen LogP contribution in [0.2, 0.25) is 0 Å². The van der Waals surface area contributed by atoms with Crippen LogP contribution in [0.15, 0.2) is 60.8 Å². The van der Waals surface area contributed by atoms with Crippen LogP contribution in [0.1, 0.15) is 367 Å². The van der Waals surface area contributed by atoms with Crippen molar-refractivity contribution in [3.8, 4) is 0 Å². The molecule has 79 heavy (non-hydrogen) atoms. The summed E-state index contributed by atoms with van der Waals surface area (Å²) >= 11 is 0. The van der Waals surface area contributed by atoms with E-state index in [-0.39, 0.29) is 31.1 Å². The van der Waals surface area contributed by atoms with Crippen LogP contribution in [0.5, 0.6) is 0 Å². The second-order valence-electron chi connectivity index (χ2n) is 23.4. The molecule has 0 aliphatic heterocycles. The Morgan fingerprint density at radius 2 is 0.494 bits per heavy atom. The minimum atomic E-state index is -0.771. The van der Waals surface area contributed by atoms with Crippen LogP contribution in [0, 0.1) is 0 Å². The highest BCUT2D eigenvalue weighted by atomic mass is 16.6. The van der Waals surface area contributed by atoms with Crippen molar-refractivity contribution >= 4 is 17.9 Å². The number of esters is 3. The topological polar surface area (TPSA) is 78.9 Å². The molecule has 6 nitrogen and oxygen atoms in total. The van der Waals surface area contributed by atoms with E-state index in [2.05, 4.69) is 81.5 Å². The smallest absolute Gasteiger partial charge is 0.306 e. The van der Waals surface area contributed by atoms with Gasteiger partial charge in [-0.25, -0.2) is 0 Å². The first-order valence-corrected chi connectivity index (χ1v) is 34.8. The maximum absolute atomic E-state index is 12.9. The highest BCUT2D eigenvalue weighted by Gasteiger charge is 2.19. The normalized spacial score (nSPS) is 12.4. The zero-order chi connectivity index (χ0) is 57.1. The number of rotatable bonds is 64. The molecule has 460 valence electrons. The van der Waals surface area contributed by atoms with Crippen molar-refractivity contribution in [1.82, 2.24) is 0 Å². The SMILES string of the molecule is CC/C=C\C/C=C\C/C=C\C/C=C\CCCCCCCCCCCCCCCCCCCCCCCCC(=O)OCC(COC(=O)CCCCCCCCCC)OC(=O)CCCCCCCCC/C=C\CCCCCCCCC. The van der Waals surface area contributed by atoms with Crippen LogP contribution >= 0.6 is 0 Å². The Hall–Kier alpha value is -2.89. The third-order valence-corrected chi connectivity index (χ3v) is 15.5. The summed E-state index contributed by atoms with van der Waals surface area (Å²) in [4.78, 5) is 38.2. The van der Waals surface area contributed by atoms with Gasteiger partial charge in [-0.2, -0.15) is 0 Å². The minimum Gasteiger partial charge on any atom is -0.462 e. The van der Waals surface area contributed by atoms with E-state index < -0.39 is 6.10 Å². The summed E-state index contributed by atoms with van der Waals surface area (Å²) in [5, 5.41) is 0. The summed E-state index contributed by atoms with van der Waals surface area (Å²) in [7, 11) is 0. The summed E-state index contributed by atoms with van der Waals surface area (Å²) in [6.45, 7) is 6.54. The summed E-state index contributed by atoms with van der Waals surface area (Å²) < 4.78 is 16.9. The fraction of sp³-hybridized carbons (Fsp3) is 0.822. The highest BCUT2D eigenvalue weighted by molar-refractivity contribution is 5.71. The van der Waals surface area contributed by atoms with Gasteiger partial charge < -0.3 is 14.2 Å². The largest absolute Gasteiger partial charge is 0.462 e. The van der Waals surface area contributed by atoms with E-state index in [1.165, 1.54) is 244 Å². The number of ether oxygens (including phenoxy) is 3. The second-order valence-corrected chi connectivity index (χ2v) is 23.4. The monoisotopic (exact) mass is 1110 g/mol. The summed E-state index contributed by atoms with van der Waals surface area (Å²) in [6, 6.07) is 0. The Balaban J connectivity index is 3.98. The molecule has 0 aliphatic carbocycles. The molecule has 0 rings (SSSR count). The average Bonchev–Trinajstić information content (AvgIpc) is 3.45. The lowest BCUT2D eigenvalue weighted by Crippen LogP contribution is -2.30. The number of unbranched alkanes of at least 4 members (excludes halogenated alkanes) is 43. The van der Waals surface area contributed by atoms with E-state index >= 15 is 0 Å². The van der Waals surface area contributed by atoms with Crippen molar-refractivity contribution in [3.05, 3.63) is 60.8 Å². The van der Waals surface area contributed by atoms with E-state index in [1.54, 1.807) is 0 Å². The summed E-state index contributed by atoms with van der Waals surface area (Å²) in [5.41, 5.74) is 0. The first-order valence-electron chi connectivity index (χ1n) is 34.8. The van der Waals surface area contributed by atoms with Crippen molar-refractivity contribution in [2.75, 3.05) is 13.2 Å². The second kappa shape index (κ2) is 67.6. The van der Waals surface area contributed by atoms with Gasteiger partial charge in [0, 0.05) is 19.3 Å². The predicted molar refractivity (Wildman–Crippen MR) is 344 cm³/mol. The van der Waals surface area contributed by atoms with Gasteiger partial charge in [0.05, 0.1) is 0 Å². The molecule has 1 unspecified atom stereocenters. The Morgan fingerprint density at radius 3 is 0.785 bits per heavy atom. The maximum Gasteiger partial charge on any atom is 0.306 e. The van der Waals surface area contributed by atoms with Crippen LogP contribution in [-0.4, -0.2) is 37.2 Å². The van der Waals surface area contributed by atoms with Gasteiger partial charge in [0.1, 0.15) is 13.2 Å². The Bertz CT molecular complexity index is 1410. The first-order chi connectivity index (χ1) is 39.0. The van der Waals surface area contributed by atoms with Gasteiger partial charge >= 0.3 is 17.9 Å². The van der Waals surface area contributed by atoms with Crippen molar-refractivity contribution in [3.63, 3.8) is 0 Å². The van der Waals surface area contributed by atoms with Gasteiger partial charge in [-0.3, -0.25) is 14.4 Å². The zero-order valence-electron chi connectivity index (χ0n) is 52.9. The molecule has 0 N–H and O–H groups in total. The van der Waals surface area contributed by atoms with E-state index in [9.17, 15) is 14.4 Å². The number of allylic oxidation sites excluding steroid dienone is 10. The zero-order valence-corrected chi connectivity index (χ0v) is 52.9. The molecule has 6 heteroatoms. The molecule has 0 fully saturated rings. The number of hydrogen-bond acceptors (Lipinski definition) is 6. The summed E-state index contributed by atoms with van der Waals surface area (Å²) in [6.07, 6.45) is 87.1. The molecule has 0 spiro atoms. The molecule has 0 saturated carbocycles. The number of carbonyl (C=O) groups excluding carboxylic acids is 3. The molecular formula is C73H132O6. The van der Waals surface area contributed by atoms with Gasteiger partial charge in [-0.1, -0.05) is 326 Å². The predicted octanol–water partition coefficient (Wildman–Crippen LogP) is 23.9. The molecule has 0 aliphatic rings. The fourth-order valence-corrected chi connectivity index (χ4v) is 10.3.